The summed E-state index contributed by atoms with van der Waals surface area (Å²) < 4.78 is 8.16. The van der Waals surface area contributed by atoms with Gasteiger partial charge in [-0.1, -0.05) is 13.8 Å². The molecule has 0 amide bonds. The van der Waals surface area contributed by atoms with Crippen molar-refractivity contribution in [3.05, 3.63) is 28.6 Å². The summed E-state index contributed by atoms with van der Waals surface area (Å²) in [5, 5.41) is 0. The molecular formula is C11H13BrN2O. The van der Waals surface area contributed by atoms with Gasteiger partial charge in [0.15, 0.2) is 0 Å². The van der Waals surface area contributed by atoms with Gasteiger partial charge in [0.25, 0.3) is 0 Å². The van der Waals surface area contributed by atoms with Gasteiger partial charge in [0.05, 0.1) is 17.3 Å². The molecule has 0 N–H and O–H groups in total. The average Bonchev–Trinajstić information content (AvgIpc) is 2.59. The molecule has 0 aliphatic rings. The van der Waals surface area contributed by atoms with Crippen LogP contribution in [0, 0.1) is 0 Å². The molecule has 4 heteroatoms. The van der Waals surface area contributed by atoms with Gasteiger partial charge in [-0.2, -0.15) is 0 Å². The van der Waals surface area contributed by atoms with E-state index < -0.39 is 0 Å². The topological polar surface area (TPSA) is 26.5 Å². The second kappa shape index (κ2) is 3.85. The van der Waals surface area contributed by atoms with Gasteiger partial charge < -0.3 is 9.14 Å². The number of hydrogen-bond donors (Lipinski definition) is 0. The van der Waals surface area contributed by atoms with Crippen molar-refractivity contribution >= 4 is 21.6 Å². The van der Waals surface area contributed by atoms with Gasteiger partial charge in [-0.15, -0.1) is 0 Å². The maximum absolute atomic E-state index is 5.22. The van der Waals surface area contributed by atoms with Crippen molar-refractivity contribution in [3.8, 4) is 5.75 Å². The van der Waals surface area contributed by atoms with Crippen LogP contribution >= 0.6 is 15.9 Å². The van der Waals surface area contributed by atoms with E-state index in [4.69, 9.17) is 4.74 Å². The van der Waals surface area contributed by atoms with Crippen molar-refractivity contribution in [3.63, 3.8) is 0 Å². The number of fused-ring (bicyclic) bond motifs is 1. The van der Waals surface area contributed by atoms with Crippen LogP contribution in [0.25, 0.3) is 5.65 Å². The normalized spacial score (nSPS) is 11.3. The molecule has 0 spiro atoms. The maximum Gasteiger partial charge on any atom is 0.140 e. The predicted molar refractivity (Wildman–Crippen MR) is 63.5 cm³/mol. The molecule has 0 saturated carbocycles. The number of aromatic nitrogens is 2. The van der Waals surface area contributed by atoms with E-state index in [-0.39, 0.29) is 0 Å². The molecule has 0 saturated heterocycles. The Morgan fingerprint density at radius 1 is 1.40 bits per heavy atom. The molecule has 0 radical (unpaired) electrons. The van der Waals surface area contributed by atoms with Crippen molar-refractivity contribution in [2.45, 2.75) is 19.8 Å². The molecule has 0 aliphatic carbocycles. The van der Waals surface area contributed by atoms with E-state index in [1.165, 1.54) is 0 Å². The smallest absolute Gasteiger partial charge is 0.140 e. The van der Waals surface area contributed by atoms with E-state index in [1.54, 1.807) is 7.11 Å². The van der Waals surface area contributed by atoms with Crippen LogP contribution < -0.4 is 4.74 Å². The summed E-state index contributed by atoms with van der Waals surface area (Å²) in [4.78, 5) is 4.52. The third-order valence-corrected chi connectivity index (χ3v) is 2.93. The molecule has 3 nitrogen and oxygen atoms in total. The lowest BCUT2D eigenvalue weighted by molar-refractivity contribution is 0.412. The Bertz CT molecular complexity index is 491. The van der Waals surface area contributed by atoms with Crippen LogP contribution in [-0.4, -0.2) is 16.5 Å². The van der Waals surface area contributed by atoms with Crippen molar-refractivity contribution < 1.29 is 4.74 Å². The first-order valence-corrected chi connectivity index (χ1v) is 5.63. The summed E-state index contributed by atoms with van der Waals surface area (Å²) in [5.74, 6) is 1.25. The summed E-state index contributed by atoms with van der Waals surface area (Å²) >= 11 is 3.45. The molecular weight excluding hydrogens is 256 g/mol. The molecule has 0 unspecified atom stereocenters. The lowest BCUT2D eigenvalue weighted by Crippen LogP contribution is -1.88. The minimum Gasteiger partial charge on any atom is -0.495 e. The summed E-state index contributed by atoms with van der Waals surface area (Å²) in [6, 6.07) is 1.93. The number of pyridine rings is 1. The molecule has 0 aliphatic heterocycles. The maximum atomic E-state index is 5.22. The fourth-order valence-corrected chi connectivity index (χ4v) is 1.94. The molecule has 2 aromatic rings. The molecule has 15 heavy (non-hydrogen) atoms. The average molecular weight is 269 g/mol. The SMILES string of the molecule is COc1cc2nc(C(C)C)cn2cc1Br. The Hall–Kier alpha value is -1.03. The van der Waals surface area contributed by atoms with Gasteiger partial charge in [0.1, 0.15) is 11.4 Å². The van der Waals surface area contributed by atoms with Crippen LogP contribution in [0.3, 0.4) is 0 Å². The first-order chi connectivity index (χ1) is 7.11. The van der Waals surface area contributed by atoms with Gasteiger partial charge >= 0.3 is 0 Å². The highest BCUT2D eigenvalue weighted by molar-refractivity contribution is 9.10. The number of rotatable bonds is 2. The van der Waals surface area contributed by atoms with Crippen LogP contribution in [0.1, 0.15) is 25.5 Å². The van der Waals surface area contributed by atoms with Gasteiger partial charge in [-0.3, -0.25) is 0 Å². The van der Waals surface area contributed by atoms with Crippen LogP contribution in [0.15, 0.2) is 22.9 Å². The van der Waals surface area contributed by atoms with Crippen LogP contribution in [0.5, 0.6) is 5.75 Å². The number of ether oxygens (including phenoxy) is 1. The highest BCUT2D eigenvalue weighted by Gasteiger charge is 2.08. The fraction of sp³-hybridized carbons (Fsp3) is 0.364. The number of hydrogen-bond acceptors (Lipinski definition) is 2. The Labute approximate surface area is 97.2 Å². The van der Waals surface area contributed by atoms with E-state index in [1.807, 2.05) is 22.9 Å². The van der Waals surface area contributed by atoms with Crippen molar-refractivity contribution in [2.24, 2.45) is 0 Å². The zero-order valence-corrected chi connectivity index (χ0v) is 10.6. The molecule has 2 rings (SSSR count). The minimum absolute atomic E-state index is 0.440. The van der Waals surface area contributed by atoms with Crippen molar-refractivity contribution in [2.75, 3.05) is 7.11 Å². The molecule has 0 aromatic carbocycles. The molecule has 0 bridgehead atoms. The minimum atomic E-state index is 0.440. The van der Waals surface area contributed by atoms with E-state index in [0.717, 1.165) is 21.6 Å². The molecule has 0 fully saturated rings. The van der Waals surface area contributed by atoms with Crippen LogP contribution in [0.2, 0.25) is 0 Å². The van der Waals surface area contributed by atoms with Gasteiger partial charge in [0, 0.05) is 18.5 Å². The highest BCUT2D eigenvalue weighted by atomic mass is 79.9. The predicted octanol–water partition coefficient (Wildman–Crippen LogP) is 3.23. The fourth-order valence-electron chi connectivity index (χ4n) is 1.44. The lowest BCUT2D eigenvalue weighted by Gasteiger charge is -2.02. The van der Waals surface area contributed by atoms with Crippen LogP contribution in [-0.2, 0) is 0 Å². The third kappa shape index (κ3) is 1.86. The monoisotopic (exact) mass is 268 g/mol. The van der Waals surface area contributed by atoms with Crippen molar-refractivity contribution in [1.82, 2.24) is 9.38 Å². The second-order valence-electron chi connectivity index (χ2n) is 3.78. The summed E-state index contributed by atoms with van der Waals surface area (Å²) in [7, 11) is 1.66. The standard InChI is InChI=1S/C11H13BrN2O/c1-7(2)9-6-14-5-8(12)10(15-3)4-11(14)13-9/h4-7H,1-3H3. The Morgan fingerprint density at radius 2 is 2.13 bits per heavy atom. The molecule has 80 valence electrons. The van der Waals surface area contributed by atoms with Gasteiger partial charge in [0.2, 0.25) is 0 Å². The van der Waals surface area contributed by atoms with E-state index in [0.29, 0.717) is 5.92 Å². The highest BCUT2D eigenvalue weighted by Crippen LogP contribution is 2.26. The number of halogens is 1. The Balaban J connectivity index is 2.61. The zero-order chi connectivity index (χ0) is 11.0. The summed E-state index contributed by atoms with van der Waals surface area (Å²) in [6.07, 6.45) is 4.01. The first kappa shape index (κ1) is 10.5. The summed E-state index contributed by atoms with van der Waals surface area (Å²) in [6.45, 7) is 4.27. The number of methoxy groups -OCH3 is 1. The lowest BCUT2D eigenvalue weighted by atomic mass is 10.2. The van der Waals surface area contributed by atoms with Crippen molar-refractivity contribution in [1.29, 1.82) is 0 Å². The molecule has 2 heterocycles. The van der Waals surface area contributed by atoms with Gasteiger partial charge in [-0.05, 0) is 21.8 Å². The Morgan fingerprint density at radius 3 is 2.73 bits per heavy atom. The molecule has 0 atom stereocenters. The van der Waals surface area contributed by atoms with E-state index in [9.17, 15) is 0 Å². The largest absolute Gasteiger partial charge is 0.495 e. The summed E-state index contributed by atoms with van der Waals surface area (Å²) in [5.41, 5.74) is 2.01. The quantitative estimate of drug-likeness (QED) is 0.836. The first-order valence-electron chi connectivity index (χ1n) is 4.84. The number of imidazole rings is 1. The van der Waals surface area contributed by atoms with Gasteiger partial charge in [-0.25, -0.2) is 4.98 Å². The van der Waals surface area contributed by atoms with E-state index >= 15 is 0 Å². The van der Waals surface area contributed by atoms with Crippen LogP contribution in [0.4, 0.5) is 0 Å². The molecule has 2 aromatic heterocycles. The second-order valence-corrected chi connectivity index (χ2v) is 4.63. The van der Waals surface area contributed by atoms with E-state index in [2.05, 4.69) is 34.8 Å². The Kier molecular flexibility index (Phi) is 2.69. The third-order valence-electron chi connectivity index (χ3n) is 2.34. The number of nitrogens with zero attached hydrogens (tertiary/aromatic N) is 2. The zero-order valence-electron chi connectivity index (χ0n) is 8.99.